The molecular weight excluding hydrogens is 290 g/mol. The number of benzene rings is 2. The Labute approximate surface area is 118 Å². The summed E-state index contributed by atoms with van der Waals surface area (Å²) >= 11 is 6.39. The molecule has 19 heavy (non-hydrogen) atoms. The number of halogens is 3. The first-order valence-corrected chi connectivity index (χ1v) is 6.66. The van der Waals surface area contributed by atoms with Gasteiger partial charge >= 0.3 is 0 Å². The lowest BCUT2D eigenvalue weighted by atomic mass is 10.0. The Hall–Kier alpha value is -1.39. The fourth-order valence-corrected chi connectivity index (χ4v) is 2.37. The summed E-state index contributed by atoms with van der Waals surface area (Å²) in [5, 5.41) is 0.520. The van der Waals surface area contributed by atoms with Crippen LogP contribution in [0, 0.1) is 0 Å². The SMILES string of the molecule is O=Cc1ccc(Cl)cc1-c1ccc(SC(F)F)cc1. The monoisotopic (exact) mass is 298 g/mol. The Kier molecular flexibility index (Phi) is 4.56. The predicted octanol–water partition coefficient (Wildman–Crippen LogP) is 5.13. The largest absolute Gasteiger partial charge is 0.298 e. The lowest BCUT2D eigenvalue weighted by molar-refractivity contribution is 0.112. The lowest BCUT2D eigenvalue weighted by Gasteiger charge is -2.07. The topological polar surface area (TPSA) is 17.1 Å². The fraction of sp³-hybridized carbons (Fsp3) is 0.0714. The molecule has 98 valence electrons. The smallest absolute Gasteiger partial charge is 0.288 e. The van der Waals surface area contributed by atoms with Gasteiger partial charge < -0.3 is 0 Å². The quantitative estimate of drug-likeness (QED) is 0.574. The molecule has 0 heterocycles. The van der Waals surface area contributed by atoms with E-state index in [1.165, 1.54) is 0 Å². The number of hydrogen-bond acceptors (Lipinski definition) is 2. The van der Waals surface area contributed by atoms with Crippen LogP contribution >= 0.6 is 23.4 Å². The molecule has 0 fully saturated rings. The molecule has 0 saturated carbocycles. The Morgan fingerprint density at radius 3 is 2.37 bits per heavy atom. The van der Waals surface area contributed by atoms with E-state index in [9.17, 15) is 13.6 Å². The van der Waals surface area contributed by atoms with Gasteiger partial charge in [0.25, 0.3) is 5.76 Å². The van der Waals surface area contributed by atoms with Gasteiger partial charge in [-0.3, -0.25) is 4.79 Å². The third-order valence-corrected chi connectivity index (χ3v) is 3.49. The van der Waals surface area contributed by atoms with Gasteiger partial charge in [0.2, 0.25) is 0 Å². The van der Waals surface area contributed by atoms with Gasteiger partial charge in [-0.1, -0.05) is 35.5 Å². The van der Waals surface area contributed by atoms with Crippen molar-refractivity contribution in [3.05, 3.63) is 53.1 Å². The first-order valence-electron chi connectivity index (χ1n) is 5.40. The van der Waals surface area contributed by atoms with Crippen molar-refractivity contribution < 1.29 is 13.6 Å². The maximum Gasteiger partial charge on any atom is 0.288 e. The second-order valence-corrected chi connectivity index (χ2v) is 5.25. The third kappa shape index (κ3) is 3.55. The number of rotatable bonds is 4. The molecule has 0 saturated heterocycles. The van der Waals surface area contributed by atoms with E-state index in [4.69, 9.17) is 11.6 Å². The zero-order chi connectivity index (χ0) is 13.8. The van der Waals surface area contributed by atoms with Crippen molar-refractivity contribution in [3.63, 3.8) is 0 Å². The maximum absolute atomic E-state index is 12.2. The summed E-state index contributed by atoms with van der Waals surface area (Å²) < 4.78 is 24.4. The summed E-state index contributed by atoms with van der Waals surface area (Å²) in [6, 6.07) is 11.5. The zero-order valence-corrected chi connectivity index (χ0v) is 11.2. The third-order valence-electron chi connectivity index (χ3n) is 2.53. The van der Waals surface area contributed by atoms with Gasteiger partial charge in [0.1, 0.15) is 0 Å². The molecule has 2 rings (SSSR count). The molecule has 0 aliphatic carbocycles. The average molecular weight is 299 g/mol. The van der Waals surface area contributed by atoms with Crippen LogP contribution in [0.3, 0.4) is 0 Å². The van der Waals surface area contributed by atoms with Crippen LogP contribution in [-0.2, 0) is 0 Å². The zero-order valence-electron chi connectivity index (χ0n) is 9.65. The summed E-state index contributed by atoms with van der Waals surface area (Å²) in [6.45, 7) is 0. The van der Waals surface area contributed by atoms with Crippen LogP contribution in [0.2, 0.25) is 5.02 Å². The number of aldehydes is 1. The van der Waals surface area contributed by atoms with E-state index >= 15 is 0 Å². The van der Waals surface area contributed by atoms with Crippen molar-refractivity contribution in [1.29, 1.82) is 0 Å². The Morgan fingerprint density at radius 1 is 1.11 bits per heavy atom. The molecule has 1 nitrogen and oxygen atoms in total. The van der Waals surface area contributed by atoms with Crippen molar-refractivity contribution >= 4 is 29.6 Å². The highest BCUT2D eigenvalue weighted by molar-refractivity contribution is 7.99. The minimum Gasteiger partial charge on any atom is -0.298 e. The minimum atomic E-state index is -2.44. The second-order valence-electron chi connectivity index (χ2n) is 3.75. The van der Waals surface area contributed by atoms with E-state index in [2.05, 4.69) is 0 Å². The summed E-state index contributed by atoms with van der Waals surface area (Å²) in [5.74, 6) is -2.44. The minimum absolute atomic E-state index is 0.480. The van der Waals surface area contributed by atoms with Crippen LogP contribution in [0.1, 0.15) is 10.4 Å². The standard InChI is InChI=1S/C14H9ClF2OS/c15-11-4-1-10(8-18)13(7-11)9-2-5-12(6-3-9)19-14(16)17/h1-8,14H. The molecule has 2 aromatic rings. The van der Waals surface area contributed by atoms with E-state index in [1.807, 2.05) is 0 Å². The molecule has 0 aliphatic heterocycles. The lowest BCUT2D eigenvalue weighted by Crippen LogP contribution is -1.88. The van der Waals surface area contributed by atoms with Gasteiger partial charge in [0.15, 0.2) is 6.29 Å². The van der Waals surface area contributed by atoms with Crippen molar-refractivity contribution in [2.24, 2.45) is 0 Å². The molecule has 5 heteroatoms. The normalized spacial score (nSPS) is 10.7. The highest BCUT2D eigenvalue weighted by Gasteiger charge is 2.08. The highest BCUT2D eigenvalue weighted by atomic mass is 35.5. The molecule has 0 aliphatic rings. The fourth-order valence-electron chi connectivity index (χ4n) is 1.70. The van der Waals surface area contributed by atoms with Crippen LogP contribution in [0.5, 0.6) is 0 Å². The summed E-state index contributed by atoms with van der Waals surface area (Å²) in [4.78, 5) is 11.5. The molecule has 0 unspecified atom stereocenters. The van der Waals surface area contributed by atoms with E-state index in [0.29, 0.717) is 32.8 Å². The second kappa shape index (κ2) is 6.17. The highest BCUT2D eigenvalue weighted by Crippen LogP contribution is 2.30. The van der Waals surface area contributed by atoms with Gasteiger partial charge in [-0.2, -0.15) is 8.78 Å². The maximum atomic E-state index is 12.2. The number of carbonyl (C=O) groups is 1. The van der Waals surface area contributed by atoms with E-state index in [-0.39, 0.29) is 0 Å². The molecule has 0 radical (unpaired) electrons. The van der Waals surface area contributed by atoms with Crippen LogP contribution in [-0.4, -0.2) is 12.0 Å². The molecule has 2 aromatic carbocycles. The van der Waals surface area contributed by atoms with Gasteiger partial charge in [0, 0.05) is 15.5 Å². The van der Waals surface area contributed by atoms with Gasteiger partial charge in [-0.15, -0.1) is 0 Å². The van der Waals surface area contributed by atoms with E-state index < -0.39 is 5.76 Å². The first-order chi connectivity index (χ1) is 9.10. The molecule has 0 amide bonds. The van der Waals surface area contributed by atoms with Crippen LogP contribution in [0.25, 0.3) is 11.1 Å². The van der Waals surface area contributed by atoms with Crippen molar-refractivity contribution in [3.8, 4) is 11.1 Å². The Balaban J connectivity index is 2.36. The van der Waals surface area contributed by atoms with Crippen molar-refractivity contribution in [2.75, 3.05) is 0 Å². The number of alkyl halides is 2. The van der Waals surface area contributed by atoms with Crippen LogP contribution < -0.4 is 0 Å². The Bertz CT molecular complexity index is 584. The number of carbonyl (C=O) groups excluding carboxylic acids is 1. The summed E-state index contributed by atoms with van der Waals surface area (Å²) in [5.41, 5.74) is 1.97. The van der Waals surface area contributed by atoms with Crippen LogP contribution in [0.4, 0.5) is 8.78 Å². The first kappa shape index (κ1) is 14.0. The van der Waals surface area contributed by atoms with Crippen LogP contribution in [0.15, 0.2) is 47.4 Å². The molecule has 0 N–H and O–H groups in total. The number of thioether (sulfide) groups is 1. The van der Waals surface area contributed by atoms with Crippen molar-refractivity contribution in [2.45, 2.75) is 10.7 Å². The Morgan fingerprint density at radius 2 is 1.79 bits per heavy atom. The van der Waals surface area contributed by atoms with Crippen molar-refractivity contribution in [1.82, 2.24) is 0 Å². The number of hydrogen-bond donors (Lipinski definition) is 0. The molecule has 0 atom stereocenters. The van der Waals surface area contributed by atoms with Gasteiger partial charge in [-0.25, -0.2) is 0 Å². The molecular formula is C14H9ClF2OS. The predicted molar refractivity (Wildman–Crippen MR) is 74.1 cm³/mol. The van der Waals surface area contributed by atoms with Gasteiger partial charge in [-0.05, 0) is 41.5 Å². The van der Waals surface area contributed by atoms with E-state index in [1.54, 1.807) is 42.5 Å². The average Bonchev–Trinajstić information content (AvgIpc) is 2.39. The molecule has 0 spiro atoms. The summed E-state index contributed by atoms with van der Waals surface area (Å²) in [7, 11) is 0. The van der Waals surface area contributed by atoms with Gasteiger partial charge in [0.05, 0.1) is 0 Å². The molecule has 0 bridgehead atoms. The summed E-state index contributed by atoms with van der Waals surface area (Å²) in [6.07, 6.45) is 0.744. The van der Waals surface area contributed by atoms with E-state index in [0.717, 1.165) is 11.8 Å². The molecule has 0 aromatic heterocycles.